The fourth-order valence-corrected chi connectivity index (χ4v) is 4.35. The van der Waals surface area contributed by atoms with Crippen molar-refractivity contribution in [3.05, 3.63) is 74.9 Å². The quantitative estimate of drug-likeness (QED) is 0.473. The third kappa shape index (κ3) is 4.14. The van der Waals surface area contributed by atoms with E-state index in [0.717, 1.165) is 38.1 Å². The molecule has 0 radical (unpaired) electrons. The summed E-state index contributed by atoms with van der Waals surface area (Å²) in [6.45, 7) is 0.833. The number of aromatic amines is 1. The summed E-state index contributed by atoms with van der Waals surface area (Å²) >= 11 is 0. The summed E-state index contributed by atoms with van der Waals surface area (Å²) in [5, 5.41) is 11.5. The first-order valence-corrected chi connectivity index (χ1v) is 11.2. The predicted octanol–water partition coefficient (Wildman–Crippen LogP) is 2.84. The van der Waals surface area contributed by atoms with E-state index >= 15 is 0 Å². The van der Waals surface area contributed by atoms with Crippen LogP contribution in [0, 0.1) is 5.82 Å². The van der Waals surface area contributed by atoms with Crippen LogP contribution in [0.1, 0.15) is 31.5 Å². The minimum absolute atomic E-state index is 0.0287. The Hall–Kier alpha value is -4.08. The number of aromatic nitrogens is 5. The Kier molecular flexibility index (Phi) is 5.79. The topological polar surface area (TPSA) is 115 Å². The van der Waals surface area contributed by atoms with Crippen molar-refractivity contribution in [1.29, 1.82) is 0 Å². The van der Waals surface area contributed by atoms with Gasteiger partial charge in [0.05, 0.1) is 16.6 Å². The van der Waals surface area contributed by atoms with Crippen LogP contribution in [0.4, 0.5) is 10.1 Å². The number of hydrogen-bond acceptors (Lipinski definition) is 5. The number of hydrogen-bond donors (Lipinski definition) is 2. The summed E-state index contributed by atoms with van der Waals surface area (Å²) in [5.41, 5.74) is 0.0563. The molecule has 0 bridgehead atoms. The van der Waals surface area contributed by atoms with Gasteiger partial charge in [0.1, 0.15) is 11.6 Å². The Morgan fingerprint density at radius 2 is 1.94 bits per heavy atom. The first kappa shape index (κ1) is 21.7. The molecular formula is C24H23FN6O3. The van der Waals surface area contributed by atoms with E-state index in [1.165, 1.54) is 10.6 Å². The van der Waals surface area contributed by atoms with Crippen LogP contribution in [0.5, 0.6) is 0 Å². The van der Waals surface area contributed by atoms with Crippen LogP contribution in [0.25, 0.3) is 22.3 Å². The second-order valence-electron chi connectivity index (χ2n) is 8.32. The van der Waals surface area contributed by atoms with Gasteiger partial charge < -0.3 is 9.88 Å². The number of rotatable bonds is 5. The molecular weight excluding hydrogens is 439 g/mol. The van der Waals surface area contributed by atoms with Gasteiger partial charge in [-0.1, -0.05) is 18.6 Å². The molecule has 0 saturated carbocycles. The molecule has 1 amide bonds. The fraction of sp³-hybridized carbons (Fsp3) is 0.292. The molecule has 1 aliphatic heterocycles. The van der Waals surface area contributed by atoms with E-state index in [1.807, 2.05) is 0 Å². The molecule has 0 aliphatic carbocycles. The van der Waals surface area contributed by atoms with Crippen molar-refractivity contribution in [2.24, 2.45) is 0 Å². The molecule has 1 aliphatic rings. The van der Waals surface area contributed by atoms with Gasteiger partial charge in [-0.15, -0.1) is 10.2 Å². The molecule has 2 N–H and O–H groups in total. The van der Waals surface area contributed by atoms with E-state index in [2.05, 4.69) is 25.1 Å². The molecule has 10 heteroatoms. The molecule has 0 atom stereocenters. The van der Waals surface area contributed by atoms with Gasteiger partial charge in [0.25, 0.3) is 5.56 Å². The van der Waals surface area contributed by atoms with Crippen LogP contribution in [0.3, 0.4) is 0 Å². The molecule has 0 unspecified atom stereocenters. The fourth-order valence-electron chi connectivity index (χ4n) is 4.35. The number of benzene rings is 2. The van der Waals surface area contributed by atoms with Gasteiger partial charge in [-0.25, -0.2) is 9.18 Å². The van der Waals surface area contributed by atoms with Gasteiger partial charge in [0.2, 0.25) is 5.91 Å². The van der Waals surface area contributed by atoms with Gasteiger partial charge in [0.15, 0.2) is 5.82 Å². The van der Waals surface area contributed by atoms with E-state index in [4.69, 9.17) is 0 Å². The maximum absolute atomic E-state index is 14.5. The summed E-state index contributed by atoms with van der Waals surface area (Å²) in [5.74, 6) is 0.539. The van der Waals surface area contributed by atoms with Crippen LogP contribution in [0.15, 0.2) is 52.1 Å². The summed E-state index contributed by atoms with van der Waals surface area (Å²) in [6.07, 6.45) is 4.00. The second kappa shape index (κ2) is 9.05. The lowest BCUT2D eigenvalue weighted by atomic mass is 10.1. The minimum Gasteiger partial charge on any atom is -0.324 e. The summed E-state index contributed by atoms with van der Waals surface area (Å²) in [6, 6.07) is 11.1. The zero-order valence-electron chi connectivity index (χ0n) is 18.4. The van der Waals surface area contributed by atoms with Crippen molar-refractivity contribution in [2.45, 2.75) is 45.2 Å². The maximum atomic E-state index is 14.5. The first-order chi connectivity index (χ1) is 16.5. The molecule has 174 valence electrons. The summed E-state index contributed by atoms with van der Waals surface area (Å²) in [7, 11) is 0. The highest BCUT2D eigenvalue weighted by Crippen LogP contribution is 2.26. The summed E-state index contributed by atoms with van der Waals surface area (Å²) in [4.78, 5) is 39.2. The third-order valence-electron chi connectivity index (χ3n) is 6.08. The number of aryl methyl sites for hydroxylation is 2. The third-order valence-corrected chi connectivity index (χ3v) is 6.08. The zero-order chi connectivity index (χ0) is 23.7. The number of H-pyrrole nitrogens is 1. The summed E-state index contributed by atoms with van der Waals surface area (Å²) < 4.78 is 17.9. The highest BCUT2D eigenvalue weighted by molar-refractivity contribution is 5.91. The monoisotopic (exact) mass is 462 g/mol. The van der Waals surface area contributed by atoms with Crippen molar-refractivity contribution in [1.82, 2.24) is 24.3 Å². The smallest absolute Gasteiger partial charge is 0.324 e. The normalized spacial score (nSPS) is 13.4. The Morgan fingerprint density at radius 1 is 1.09 bits per heavy atom. The maximum Gasteiger partial charge on any atom is 0.328 e. The molecule has 4 aromatic rings. The standard InChI is InChI=1S/C24H23FN6O3/c25-17-10-9-15(22-29-28-20-8-2-1-5-12-31(20)22)14-18(17)26-21(32)11-13-30-19-7-4-3-6-16(19)23(33)27-24(30)34/h3-4,6-7,9-10,14H,1-2,5,8,11-13H2,(H,26,32)(H,27,33,34). The Morgan fingerprint density at radius 3 is 2.82 bits per heavy atom. The second-order valence-corrected chi connectivity index (χ2v) is 8.32. The van der Waals surface area contributed by atoms with Crippen molar-refractivity contribution in [3.8, 4) is 11.4 Å². The van der Waals surface area contributed by atoms with E-state index in [-0.39, 0.29) is 18.7 Å². The largest absolute Gasteiger partial charge is 0.328 e. The van der Waals surface area contributed by atoms with Gasteiger partial charge in [-0.3, -0.25) is 19.1 Å². The van der Waals surface area contributed by atoms with Crippen LogP contribution in [-0.2, 0) is 24.3 Å². The van der Waals surface area contributed by atoms with Gasteiger partial charge in [-0.05, 0) is 43.2 Å². The van der Waals surface area contributed by atoms with Gasteiger partial charge >= 0.3 is 5.69 Å². The van der Waals surface area contributed by atoms with E-state index in [1.54, 1.807) is 36.4 Å². The molecule has 34 heavy (non-hydrogen) atoms. The molecule has 9 nitrogen and oxygen atoms in total. The number of amides is 1. The Balaban J connectivity index is 1.35. The lowest BCUT2D eigenvalue weighted by Gasteiger charge is -2.12. The number of fused-ring (bicyclic) bond motifs is 2. The van der Waals surface area contributed by atoms with E-state index < -0.39 is 23.0 Å². The number of para-hydroxylation sites is 1. The predicted molar refractivity (Wildman–Crippen MR) is 125 cm³/mol. The van der Waals surface area contributed by atoms with Gasteiger partial charge in [-0.2, -0.15) is 0 Å². The van der Waals surface area contributed by atoms with Crippen LogP contribution in [0.2, 0.25) is 0 Å². The average molecular weight is 462 g/mol. The first-order valence-electron chi connectivity index (χ1n) is 11.2. The van der Waals surface area contributed by atoms with E-state index in [0.29, 0.717) is 22.3 Å². The number of anilines is 1. The lowest BCUT2D eigenvalue weighted by molar-refractivity contribution is -0.116. The number of nitrogens with zero attached hydrogens (tertiary/aromatic N) is 4. The number of halogens is 1. The molecule has 2 aromatic carbocycles. The van der Waals surface area contributed by atoms with Crippen molar-refractivity contribution < 1.29 is 9.18 Å². The molecule has 0 spiro atoms. The molecule has 3 heterocycles. The van der Waals surface area contributed by atoms with Crippen LogP contribution < -0.4 is 16.6 Å². The Labute approximate surface area is 193 Å². The number of carbonyl (C=O) groups is 1. The highest BCUT2D eigenvalue weighted by Gasteiger charge is 2.18. The number of nitrogens with one attached hydrogen (secondary N) is 2. The average Bonchev–Trinajstić information content (AvgIpc) is 3.08. The Bertz CT molecular complexity index is 1500. The van der Waals surface area contributed by atoms with Gasteiger partial charge in [0, 0.05) is 31.5 Å². The highest BCUT2D eigenvalue weighted by atomic mass is 19.1. The molecule has 2 aromatic heterocycles. The molecule has 5 rings (SSSR count). The van der Waals surface area contributed by atoms with E-state index in [9.17, 15) is 18.8 Å². The zero-order valence-corrected chi connectivity index (χ0v) is 18.4. The van der Waals surface area contributed by atoms with Crippen LogP contribution >= 0.6 is 0 Å². The molecule has 0 saturated heterocycles. The van der Waals surface area contributed by atoms with Crippen molar-refractivity contribution >= 4 is 22.5 Å². The SMILES string of the molecule is O=C(CCn1c(=O)[nH]c(=O)c2ccccc21)Nc1cc(-c2nnc3n2CCCCC3)ccc1F. The minimum atomic E-state index is -0.600. The lowest BCUT2D eigenvalue weighted by Crippen LogP contribution is -2.31. The van der Waals surface area contributed by atoms with Crippen molar-refractivity contribution in [2.75, 3.05) is 5.32 Å². The van der Waals surface area contributed by atoms with Crippen molar-refractivity contribution in [3.63, 3.8) is 0 Å². The van der Waals surface area contributed by atoms with Crippen LogP contribution in [-0.4, -0.2) is 30.2 Å². The number of carbonyl (C=O) groups excluding carboxylic acids is 1. The molecule has 0 fully saturated rings.